The van der Waals surface area contributed by atoms with Gasteiger partial charge in [-0.3, -0.25) is 0 Å². The minimum Gasteiger partial charge on any atom is -0.325 e. The molecule has 0 aliphatic rings. The molecule has 0 aliphatic carbocycles. The van der Waals surface area contributed by atoms with Crippen LogP contribution in [0, 0.1) is 6.92 Å². The van der Waals surface area contributed by atoms with Crippen LogP contribution in [0.3, 0.4) is 0 Å². The number of nitrogens with zero attached hydrogens (tertiary/aromatic N) is 2. The molecule has 2 aromatic heterocycles. The minimum absolute atomic E-state index is 0.495. The molecule has 0 atom stereocenters. The molecule has 1 aromatic carbocycles. The molecular formula is C12H11N3S2. The van der Waals surface area contributed by atoms with Crippen LogP contribution in [-0.4, -0.2) is 9.97 Å². The number of hydrogen-bond acceptors (Lipinski definition) is 5. The molecule has 0 spiro atoms. The van der Waals surface area contributed by atoms with Crippen molar-refractivity contribution in [3.8, 4) is 10.7 Å². The Hall–Kier alpha value is -1.30. The van der Waals surface area contributed by atoms with Crippen LogP contribution in [-0.2, 0) is 6.54 Å². The van der Waals surface area contributed by atoms with Gasteiger partial charge < -0.3 is 5.73 Å². The molecule has 0 saturated carbocycles. The standard InChI is InChI=1S/C12H11N3S2/c1-7-3-2-4-9-11(7)15-12(17-9)8-6-16-10(5-13)14-8/h2-4,6H,5,13H2,1H3. The van der Waals surface area contributed by atoms with E-state index in [1.807, 2.05) is 5.38 Å². The summed E-state index contributed by atoms with van der Waals surface area (Å²) in [6.07, 6.45) is 0. The summed E-state index contributed by atoms with van der Waals surface area (Å²) in [5.74, 6) is 0. The van der Waals surface area contributed by atoms with Crippen LogP contribution in [0.4, 0.5) is 0 Å². The fraction of sp³-hybridized carbons (Fsp3) is 0.167. The third-order valence-corrected chi connectivity index (χ3v) is 4.48. The van der Waals surface area contributed by atoms with Gasteiger partial charge in [0, 0.05) is 11.9 Å². The molecule has 0 aliphatic heterocycles. The Morgan fingerprint density at radius 1 is 1.29 bits per heavy atom. The molecule has 0 fully saturated rings. The van der Waals surface area contributed by atoms with E-state index in [-0.39, 0.29) is 0 Å². The average molecular weight is 261 g/mol. The first-order valence-corrected chi connectivity index (χ1v) is 6.98. The second-order valence-electron chi connectivity index (χ2n) is 3.77. The van der Waals surface area contributed by atoms with E-state index in [9.17, 15) is 0 Å². The second-order valence-corrected chi connectivity index (χ2v) is 5.74. The maximum atomic E-state index is 5.57. The maximum Gasteiger partial charge on any atom is 0.144 e. The molecule has 2 N–H and O–H groups in total. The summed E-state index contributed by atoms with van der Waals surface area (Å²) >= 11 is 3.27. The molecule has 0 amide bonds. The summed E-state index contributed by atoms with van der Waals surface area (Å²) in [5, 5.41) is 3.95. The van der Waals surface area contributed by atoms with E-state index in [2.05, 4.69) is 35.1 Å². The molecular weight excluding hydrogens is 250 g/mol. The average Bonchev–Trinajstić information content (AvgIpc) is 2.95. The van der Waals surface area contributed by atoms with Crippen molar-refractivity contribution in [2.45, 2.75) is 13.5 Å². The smallest absolute Gasteiger partial charge is 0.144 e. The first-order valence-electron chi connectivity index (χ1n) is 5.29. The molecule has 2 heterocycles. The Bertz CT molecular complexity index is 669. The van der Waals surface area contributed by atoms with Gasteiger partial charge in [-0.2, -0.15) is 0 Å². The molecule has 3 nitrogen and oxygen atoms in total. The molecule has 0 unspecified atom stereocenters. The van der Waals surface area contributed by atoms with E-state index in [1.54, 1.807) is 22.7 Å². The summed E-state index contributed by atoms with van der Waals surface area (Å²) < 4.78 is 1.21. The highest BCUT2D eigenvalue weighted by Crippen LogP contribution is 2.31. The van der Waals surface area contributed by atoms with E-state index in [4.69, 9.17) is 5.73 Å². The number of para-hydroxylation sites is 1. The highest BCUT2D eigenvalue weighted by molar-refractivity contribution is 7.22. The summed E-state index contributed by atoms with van der Waals surface area (Å²) in [6.45, 7) is 2.58. The van der Waals surface area contributed by atoms with Crippen molar-refractivity contribution in [2.75, 3.05) is 0 Å². The number of nitrogens with two attached hydrogens (primary N) is 1. The van der Waals surface area contributed by atoms with Crippen LogP contribution >= 0.6 is 22.7 Å². The number of fused-ring (bicyclic) bond motifs is 1. The maximum absolute atomic E-state index is 5.57. The Morgan fingerprint density at radius 3 is 2.88 bits per heavy atom. The zero-order chi connectivity index (χ0) is 11.8. The predicted molar refractivity (Wildman–Crippen MR) is 73.4 cm³/mol. The summed E-state index contributed by atoms with van der Waals surface area (Å²) in [5.41, 5.74) is 8.80. The monoisotopic (exact) mass is 261 g/mol. The van der Waals surface area contributed by atoms with Crippen LogP contribution in [0.1, 0.15) is 10.6 Å². The number of aryl methyl sites for hydroxylation is 1. The van der Waals surface area contributed by atoms with Crippen molar-refractivity contribution in [1.82, 2.24) is 9.97 Å². The van der Waals surface area contributed by atoms with Gasteiger partial charge in [-0.05, 0) is 18.6 Å². The van der Waals surface area contributed by atoms with E-state index >= 15 is 0 Å². The molecule has 3 rings (SSSR count). The Morgan fingerprint density at radius 2 is 2.18 bits per heavy atom. The van der Waals surface area contributed by atoms with Crippen molar-refractivity contribution in [3.05, 3.63) is 34.2 Å². The van der Waals surface area contributed by atoms with Gasteiger partial charge in [0.05, 0.1) is 10.2 Å². The lowest BCUT2D eigenvalue weighted by Crippen LogP contribution is -1.94. The molecule has 0 radical (unpaired) electrons. The van der Waals surface area contributed by atoms with E-state index in [1.165, 1.54) is 10.3 Å². The number of benzene rings is 1. The van der Waals surface area contributed by atoms with Gasteiger partial charge in [-0.1, -0.05) is 12.1 Å². The van der Waals surface area contributed by atoms with Gasteiger partial charge in [-0.25, -0.2) is 9.97 Å². The molecule has 17 heavy (non-hydrogen) atoms. The van der Waals surface area contributed by atoms with Crippen molar-refractivity contribution in [3.63, 3.8) is 0 Å². The third-order valence-electron chi connectivity index (χ3n) is 2.57. The van der Waals surface area contributed by atoms with Crippen LogP contribution in [0.25, 0.3) is 20.9 Å². The van der Waals surface area contributed by atoms with Crippen LogP contribution in [0.2, 0.25) is 0 Å². The first-order chi connectivity index (χ1) is 8.28. The van der Waals surface area contributed by atoms with Crippen LogP contribution < -0.4 is 5.73 Å². The van der Waals surface area contributed by atoms with Crippen LogP contribution in [0.15, 0.2) is 23.6 Å². The SMILES string of the molecule is Cc1cccc2sc(-c3csc(CN)n3)nc12. The van der Waals surface area contributed by atoms with Gasteiger partial charge in [0.1, 0.15) is 15.7 Å². The highest BCUT2D eigenvalue weighted by atomic mass is 32.1. The first kappa shape index (κ1) is 10.8. The van der Waals surface area contributed by atoms with Crippen molar-refractivity contribution in [1.29, 1.82) is 0 Å². The van der Waals surface area contributed by atoms with Crippen LogP contribution in [0.5, 0.6) is 0 Å². The Balaban J connectivity index is 2.14. The number of hydrogen-bond donors (Lipinski definition) is 1. The van der Waals surface area contributed by atoms with Crippen molar-refractivity contribution >= 4 is 32.9 Å². The minimum atomic E-state index is 0.495. The van der Waals surface area contributed by atoms with E-state index < -0.39 is 0 Å². The van der Waals surface area contributed by atoms with Crippen molar-refractivity contribution in [2.24, 2.45) is 5.73 Å². The molecule has 86 valence electrons. The quantitative estimate of drug-likeness (QED) is 0.770. The molecule has 3 aromatic rings. The van der Waals surface area contributed by atoms with Crippen molar-refractivity contribution < 1.29 is 0 Å². The van der Waals surface area contributed by atoms with Gasteiger partial charge in [0.2, 0.25) is 0 Å². The predicted octanol–water partition coefficient (Wildman–Crippen LogP) is 3.19. The lowest BCUT2D eigenvalue weighted by atomic mass is 10.2. The highest BCUT2D eigenvalue weighted by Gasteiger charge is 2.10. The molecule has 0 bridgehead atoms. The largest absolute Gasteiger partial charge is 0.325 e. The topological polar surface area (TPSA) is 51.8 Å². The molecule has 5 heteroatoms. The van der Waals surface area contributed by atoms with Gasteiger partial charge in [0.25, 0.3) is 0 Å². The molecule has 0 saturated heterocycles. The summed E-state index contributed by atoms with van der Waals surface area (Å²) in [6, 6.07) is 6.24. The lowest BCUT2D eigenvalue weighted by molar-refractivity contribution is 1.04. The third kappa shape index (κ3) is 1.86. The fourth-order valence-electron chi connectivity index (χ4n) is 1.70. The number of rotatable bonds is 2. The number of thiazole rings is 2. The zero-order valence-electron chi connectivity index (χ0n) is 9.30. The normalized spacial score (nSPS) is 11.2. The van der Waals surface area contributed by atoms with Gasteiger partial charge in [0.15, 0.2) is 0 Å². The Kier molecular flexibility index (Phi) is 2.66. The fourth-order valence-corrected chi connectivity index (χ4v) is 3.44. The van der Waals surface area contributed by atoms with Gasteiger partial charge in [-0.15, -0.1) is 22.7 Å². The van der Waals surface area contributed by atoms with E-state index in [0.29, 0.717) is 6.54 Å². The van der Waals surface area contributed by atoms with Gasteiger partial charge >= 0.3 is 0 Å². The summed E-state index contributed by atoms with van der Waals surface area (Å²) in [7, 11) is 0. The second kappa shape index (κ2) is 4.18. The summed E-state index contributed by atoms with van der Waals surface area (Å²) in [4.78, 5) is 9.12. The number of aromatic nitrogens is 2. The van der Waals surface area contributed by atoms with E-state index in [0.717, 1.165) is 21.2 Å². The lowest BCUT2D eigenvalue weighted by Gasteiger charge is -1.90. The zero-order valence-corrected chi connectivity index (χ0v) is 10.9. The Labute approximate surface area is 107 Å².